The average Bonchev–Trinajstić information content (AvgIpc) is 3.08. The molecule has 1 aromatic heterocycles. The number of rotatable bonds is 6. The predicted molar refractivity (Wildman–Crippen MR) is 139 cm³/mol. The van der Waals surface area contributed by atoms with E-state index in [1.807, 2.05) is 69.3 Å². The first kappa shape index (κ1) is 24.0. The molecular formula is C26H25ClN4O2S. The van der Waals surface area contributed by atoms with Crippen molar-refractivity contribution >= 4 is 51.7 Å². The molecule has 1 atom stereocenters. The SMILES string of the molecule is Cc1ccc(C)c(NC(=O)CC2SC(=Nc3ccc(C)c(Cl)c3)N(Cc3ccccn3)C2=O)c1. The van der Waals surface area contributed by atoms with Crippen LogP contribution in [-0.4, -0.2) is 32.1 Å². The number of nitrogens with one attached hydrogen (secondary N) is 1. The third-order valence-electron chi connectivity index (χ3n) is 5.48. The molecular weight excluding hydrogens is 468 g/mol. The molecule has 4 rings (SSSR count). The van der Waals surface area contributed by atoms with Crippen LogP contribution < -0.4 is 5.32 Å². The van der Waals surface area contributed by atoms with Crippen LogP contribution in [0.15, 0.2) is 65.8 Å². The van der Waals surface area contributed by atoms with Gasteiger partial charge in [0.1, 0.15) is 5.25 Å². The van der Waals surface area contributed by atoms with E-state index in [0.29, 0.717) is 15.9 Å². The number of carbonyl (C=O) groups is 2. The number of hydrogen-bond donors (Lipinski definition) is 1. The van der Waals surface area contributed by atoms with Gasteiger partial charge in [0.25, 0.3) is 0 Å². The van der Waals surface area contributed by atoms with Crippen molar-refractivity contribution in [3.05, 3.63) is 88.2 Å². The Hall–Kier alpha value is -3.16. The molecule has 1 saturated heterocycles. The summed E-state index contributed by atoms with van der Waals surface area (Å²) in [5.74, 6) is -0.374. The summed E-state index contributed by atoms with van der Waals surface area (Å²) in [6.45, 7) is 6.11. The number of benzene rings is 2. The topological polar surface area (TPSA) is 74.7 Å². The Morgan fingerprint density at radius 3 is 2.65 bits per heavy atom. The molecule has 1 N–H and O–H groups in total. The standard InChI is InChI=1S/C26H25ClN4O2S/c1-16-7-8-18(3)22(12-16)30-24(32)14-23-25(33)31(15-20-6-4-5-11-28-20)26(34-23)29-19-10-9-17(2)21(27)13-19/h4-13,23H,14-15H2,1-3H3,(H,30,32). The molecule has 1 aliphatic heterocycles. The van der Waals surface area contributed by atoms with Crippen LogP contribution in [0, 0.1) is 20.8 Å². The molecule has 2 aromatic carbocycles. The van der Waals surface area contributed by atoms with E-state index in [4.69, 9.17) is 16.6 Å². The van der Waals surface area contributed by atoms with Crippen LogP contribution >= 0.6 is 23.4 Å². The number of nitrogens with zero attached hydrogens (tertiary/aromatic N) is 3. The lowest BCUT2D eigenvalue weighted by Gasteiger charge is -2.16. The van der Waals surface area contributed by atoms with Crippen LogP contribution in [0.2, 0.25) is 5.02 Å². The first-order valence-corrected chi connectivity index (χ1v) is 12.2. The van der Waals surface area contributed by atoms with E-state index in [2.05, 4.69) is 10.3 Å². The zero-order valence-electron chi connectivity index (χ0n) is 19.2. The fourth-order valence-electron chi connectivity index (χ4n) is 3.53. The number of halogens is 1. The van der Waals surface area contributed by atoms with E-state index in [1.165, 1.54) is 11.8 Å². The third kappa shape index (κ3) is 5.66. The minimum atomic E-state index is -0.575. The Kier molecular flexibility index (Phi) is 7.34. The number of hydrogen-bond acceptors (Lipinski definition) is 5. The van der Waals surface area contributed by atoms with E-state index in [0.717, 1.165) is 28.1 Å². The van der Waals surface area contributed by atoms with Crippen LogP contribution in [-0.2, 0) is 16.1 Å². The number of aliphatic imine (C=N–C) groups is 1. The maximum atomic E-state index is 13.3. The van der Waals surface area contributed by atoms with Crippen LogP contribution in [0.4, 0.5) is 11.4 Å². The van der Waals surface area contributed by atoms with Gasteiger partial charge >= 0.3 is 0 Å². The summed E-state index contributed by atoms with van der Waals surface area (Å²) in [5, 5.41) is 3.51. The van der Waals surface area contributed by atoms with Crippen molar-refractivity contribution in [2.75, 3.05) is 5.32 Å². The molecule has 8 heteroatoms. The van der Waals surface area contributed by atoms with Crippen molar-refractivity contribution in [3.63, 3.8) is 0 Å². The second-order valence-corrected chi connectivity index (χ2v) is 9.83. The third-order valence-corrected chi connectivity index (χ3v) is 7.07. The monoisotopic (exact) mass is 492 g/mol. The highest BCUT2D eigenvalue weighted by atomic mass is 35.5. The van der Waals surface area contributed by atoms with E-state index in [9.17, 15) is 9.59 Å². The number of amides is 2. The van der Waals surface area contributed by atoms with Crippen molar-refractivity contribution < 1.29 is 9.59 Å². The molecule has 3 aromatic rings. The number of aryl methyl sites for hydroxylation is 3. The molecule has 34 heavy (non-hydrogen) atoms. The zero-order valence-corrected chi connectivity index (χ0v) is 20.8. The number of anilines is 1. The molecule has 0 saturated carbocycles. The van der Waals surface area contributed by atoms with Gasteiger partial charge in [0, 0.05) is 23.3 Å². The summed E-state index contributed by atoms with van der Waals surface area (Å²) >= 11 is 7.56. The van der Waals surface area contributed by atoms with Gasteiger partial charge < -0.3 is 5.32 Å². The average molecular weight is 493 g/mol. The minimum Gasteiger partial charge on any atom is -0.326 e. The van der Waals surface area contributed by atoms with Crippen molar-refractivity contribution in [2.45, 2.75) is 39.0 Å². The van der Waals surface area contributed by atoms with Gasteiger partial charge in [0.05, 0.1) is 17.9 Å². The normalized spacial score (nSPS) is 16.8. The molecule has 0 radical (unpaired) electrons. The quantitative estimate of drug-likeness (QED) is 0.470. The van der Waals surface area contributed by atoms with Crippen molar-refractivity contribution in [2.24, 2.45) is 4.99 Å². The highest BCUT2D eigenvalue weighted by molar-refractivity contribution is 8.15. The molecule has 1 fully saturated rings. The summed E-state index contributed by atoms with van der Waals surface area (Å²) in [6, 6.07) is 17.0. The summed E-state index contributed by atoms with van der Waals surface area (Å²) < 4.78 is 0. The van der Waals surface area contributed by atoms with E-state index < -0.39 is 5.25 Å². The van der Waals surface area contributed by atoms with Gasteiger partial charge in [-0.05, 0) is 67.8 Å². The van der Waals surface area contributed by atoms with E-state index in [-0.39, 0.29) is 24.8 Å². The molecule has 6 nitrogen and oxygen atoms in total. The summed E-state index contributed by atoms with van der Waals surface area (Å²) in [5.41, 5.74) is 5.13. The fraction of sp³-hybridized carbons (Fsp3) is 0.231. The van der Waals surface area contributed by atoms with Gasteiger partial charge in [-0.15, -0.1) is 0 Å². The lowest BCUT2D eigenvalue weighted by atomic mass is 10.1. The highest BCUT2D eigenvalue weighted by Crippen LogP contribution is 2.34. The van der Waals surface area contributed by atoms with Crippen LogP contribution in [0.25, 0.3) is 0 Å². The molecule has 2 heterocycles. The predicted octanol–water partition coefficient (Wildman–Crippen LogP) is 5.82. The molecule has 0 spiro atoms. The summed E-state index contributed by atoms with van der Waals surface area (Å²) in [4.78, 5) is 36.8. The van der Waals surface area contributed by atoms with Crippen molar-refractivity contribution in [3.8, 4) is 0 Å². The largest absolute Gasteiger partial charge is 0.326 e. The molecule has 2 amide bonds. The second-order valence-electron chi connectivity index (χ2n) is 8.25. The maximum absolute atomic E-state index is 13.3. The van der Waals surface area contributed by atoms with Crippen LogP contribution in [0.1, 0.15) is 28.8 Å². The highest BCUT2D eigenvalue weighted by Gasteiger charge is 2.39. The van der Waals surface area contributed by atoms with Crippen molar-refractivity contribution in [1.82, 2.24) is 9.88 Å². The first-order valence-electron chi connectivity index (χ1n) is 10.9. The maximum Gasteiger partial charge on any atom is 0.243 e. The number of thioether (sulfide) groups is 1. The van der Waals surface area contributed by atoms with Crippen LogP contribution in [0.5, 0.6) is 0 Å². The van der Waals surface area contributed by atoms with Gasteiger partial charge in [0.2, 0.25) is 11.8 Å². The van der Waals surface area contributed by atoms with Gasteiger partial charge in [-0.3, -0.25) is 19.5 Å². The van der Waals surface area contributed by atoms with Crippen LogP contribution in [0.3, 0.4) is 0 Å². The summed E-state index contributed by atoms with van der Waals surface area (Å²) in [7, 11) is 0. The zero-order chi connectivity index (χ0) is 24.2. The number of amidine groups is 1. The lowest BCUT2D eigenvalue weighted by molar-refractivity contribution is -0.128. The molecule has 1 unspecified atom stereocenters. The Morgan fingerprint density at radius 1 is 1.12 bits per heavy atom. The van der Waals surface area contributed by atoms with Gasteiger partial charge in [-0.2, -0.15) is 0 Å². The molecule has 0 aliphatic carbocycles. The second kappa shape index (κ2) is 10.4. The Balaban J connectivity index is 1.57. The minimum absolute atomic E-state index is 0.0449. The van der Waals surface area contributed by atoms with E-state index >= 15 is 0 Å². The fourth-order valence-corrected chi connectivity index (χ4v) is 4.86. The lowest BCUT2D eigenvalue weighted by Crippen LogP contribution is -2.33. The number of aromatic nitrogens is 1. The molecule has 0 bridgehead atoms. The molecule has 1 aliphatic rings. The van der Waals surface area contributed by atoms with Gasteiger partial charge in [-0.1, -0.05) is 47.6 Å². The Bertz CT molecular complexity index is 1260. The molecule has 174 valence electrons. The van der Waals surface area contributed by atoms with Crippen molar-refractivity contribution in [1.29, 1.82) is 0 Å². The first-order chi connectivity index (χ1) is 16.3. The van der Waals surface area contributed by atoms with E-state index in [1.54, 1.807) is 17.2 Å². The van der Waals surface area contributed by atoms with Gasteiger partial charge in [-0.25, -0.2) is 4.99 Å². The number of carbonyl (C=O) groups excluding carboxylic acids is 2. The Morgan fingerprint density at radius 2 is 1.91 bits per heavy atom. The van der Waals surface area contributed by atoms with Gasteiger partial charge in [0.15, 0.2) is 5.17 Å². The Labute approximate surface area is 208 Å². The smallest absolute Gasteiger partial charge is 0.243 e. The summed E-state index contributed by atoms with van der Waals surface area (Å²) in [6.07, 6.45) is 1.73. The number of pyridine rings is 1.